The normalized spacial score (nSPS) is 10.5. The molecule has 0 saturated heterocycles. The summed E-state index contributed by atoms with van der Waals surface area (Å²) in [5.41, 5.74) is 3.65. The van der Waals surface area contributed by atoms with Crippen molar-refractivity contribution < 1.29 is 4.74 Å². The zero-order valence-corrected chi connectivity index (χ0v) is 12.8. The van der Waals surface area contributed by atoms with Gasteiger partial charge in [0.2, 0.25) is 0 Å². The maximum Gasteiger partial charge on any atom is 0.120 e. The summed E-state index contributed by atoms with van der Waals surface area (Å²) in [5.74, 6) is 0.898. The molecule has 19 heavy (non-hydrogen) atoms. The molecular weight excluding hydrogens is 302 g/mol. The Morgan fingerprint density at radius 2 is 2.00 bits per heavy atom. The predicted molar refractivity (Wildman–Crippen MR) is 82.4 cm³/mol. The van der Waals surface area contributed by atoms with Crippen LogP contribution in [0, 0.1) is 6.92 Å². The molecule has 0 radical (unpaired) electrons. The highest BCUT2D eigenvalue weighted by Gasteiger charge is 2.02. The van der Waals surface area contributed by atoms with Crippen molar-refractivity contribution in [3.63, 3.8) is 0 Å². The minimum Gasteiger partial charge on any atom is -0.489 e. The SMILES string of the molecule is CNCc1cc(OCc2cccc(C)c2)ccc1Br. The van der Waals surface area contributed by atoms with Crippen molar-refractivity contribution in [2.45, 2.75) is 20.1 Å². The Kier molecular flexibility index (Phi) is 5.00. The summed E-state index contributed by atoms with van der Waals surface area (Å²) in [6.07, 6.45) is 0. The Bertz CT molecular complexity index is 554. The van der Waals surface area contributed by atoms with Crippen LogP contribution in [0.15, 0.2) is 46.9 Å². The average Bonchev–Trinajstić information content (AvgIpc) is 2.40. The molecule has 2 rings (SSSR count). The molecular formula is C16H18BrNO. The number of rotatable bonds is 5. The van der Waals surface area contributed by atoms with Gasteiger partial charge in [0.25, 0.3) is 0 Å². The van der Waals surface area contributed by atoms with Crippen LogP contribution in [-0.4, -0.2) is 7.05 Å². The van der Waals surface area contributed by atoms with Gasteiger partial charge < -0.3 is 10.1 Å². The van der Waals surface area contributed by atoms with E-state index in [2.05, 4.69) is 58.5 Å². The first-order valence-electron chi connectivity index (χ1n) is 6.30. The van der Waals surface area contributed by atoms with Crippen molar-refractivity contribution in [2.75, 3.05) is 7.05 Å². The lowest BCUT2D eigenvalue weighted by Crippen LogP contribution is -2.06. The molecule has 0 saturated carbocycles. The molecule has 100 valence electrons. The third-order valence-corrected chi connectivity index (χ3v) is 3.65. The second-order valence-corrected chi connectivity index (χ2v) is 5.42. The summed E-state index contributed by atoms with van der Waals surface area (Å²) in [4.78, 5) is 0. The highest BCUT2D eigenvalue weighted by atomic mass is 79.9. The van der Waals surface area contributed by atoms with Gasteiger partial charge in [0.05, 0.1) is 0 Å². The predicted octanol–water partition coefficient (Wildman–Crippen LogP) is 4.06. The zero-order chi connectivity index (χ0) is 13.7. The standard InChI is InChI=1S/C16H18BrNO/c1-12-4-3-5-13(8-12)11-19-15-6-7-16(17)14(9-15)10-18-2/h3-9,18H,10-11H2,1-2H3. The average molecular weight is 320 g/mol. The van der Waals surface area contributed by atoms with Gasteiger partial charge >= 0.3 is 0 Å². The molecule has 0 aromatic heterocycles. The van der Waals surface area contributed by atoms with Crippen LogP contribution < -0.4 is 10.1 Å². The minimum absolute atomic E-state index is 0.600. The molecule has 0 amide bonds. The van der Waals surface area contributed by atoms with Crippen LogP contribution in [0.5, 0.6) is 5.75 Å². The quantitative estimate of drug-likeness (QED) is 0.897. The van der Waals surface area contributed by atoms with Gasteiger partial charge in [0.15, 0.2) is 0 Å². The van der Waals surface area contributed by atoms with Gasteiger partial charge in [-0.05, 0) is 43.3 Å². The molecule has 2 aromatic rings. The Morgan fingerprint density at radius 3 is 2.74 bits per heavy atom. The molecule has 0 unspecified atom stereocenters. The van der Waals surface area contributed by atoms with Crippen molar-refractivity contribution in [1.29, 1.82) is 0 Å². The molecule has 0 aliphatic rings. The van der Waals surface area contributed by atoms with E-state index in [4.69, 9.17) is 4.74 Å². The van der Waals surface area contributed by atoms with Crippen LogP contribution >= 0.6 is 15.9 Å². The Morgan fingerprint density at radius 1 is 1.16 bits per heavy atom. The second kappa shape index (κ2) is 6.73. The molecule has 0 fully saturated rings. The zero-order valence-electron chi connectivity index (χ0n) is 11.2. The molecule has 1 N–H and O–H groups in total. The number of benzene rings is 2. The number of ether oxygens (including phenoxy) is 1. The van der Waals surface area contributed by atoms with E-state index < -0.39 is 0 Å². The Labute approximate surface area is 122 Å². The summed E-state index contributed by atoms with van der Waals surface area (Å²) in [6, 6.07) is 14.5. The van der Waals surface area contributed by atoms with Gasteiger partial charge in [-0.2, -0.15) is 0 Å². The van der Waals surface area contributed by atoms with E-state index in [1.54, 1.807) is 0 Å². The molecule has 0 aliphatic heterocycles. The van der Waals surface area contributed by atoms with Crippen LogP contribution in [0.25, 0.3) is 0 Å². The van der Waals surface area contributed by atoms with E-state index in [-0.39, 0.29) is 0 Å². The first-order valence-corrected chi connectivity index (χ1v) is 7.09. The fraction of sp³-hybridized carbons (Fsp3) is 0.250. The number of hydrogen-bond donors (Lipinski definition) is 1. The van der Waals surface area contributed by atoms with E-state index in [1.807, 2.05) is 19.2 Å². The molecule has 3 heteroatoms. The van der Waals surface area contributed by atoms with Crippen molar-refractivity contribution in [3.05, 3.63) is 63.6 Å². The van der Waals surface area contributed by atoms with Gasteiger partial charge in [-0.15, -0.1) is 0 Å². The van der Waals surface area contributed by atoms with Crippen molar-refractivity contribution in [2.24, 2.45) is 0 Å². The van der Waals surface area contributed by atoms with Crippen LogP contribution in [0.2, 0.25) is 0 Å². The van der Waals surface area contributed by atoms with E-state index in [0.29, 0.717) is 6.61 Å². The highest BCUT2D eigenvalue weighted by molar-refractivity contribution is 9.10. The maximum absolute atomic E-state index is 5.84. The number of nitrogens with one attached hydrogen (secondary N) is 1. The van der Waals surface area contributed by atoms with E-state index in [9.17, 15) is 0 Å². The first kappa shape index (κ1) is 14.1. The van der Waals surface area contributed by atoms with Crippen molar-refractivity contribution in [3.8, 4) is 5.75 Å². The van der Waals surface area contributed by atoms with Gasteiger partial charge in [-0.1, -0.05) is 45.8 Å². The summed E-state index contributed by atoms with van der Waals surface area (Å²) in [7, 11) is 1.94. The molecule has 0 aliphatic carbocycles. The van der Waals surface area contributed by atoms with E-state index in [1.165, 1.54) is 16.7 Å². The van der Waals surface area contributed by atoms with Crippen molar-refractivity contribution in [1.82, 2.24) is 5.32 Å². The fourth-order valence-electron chi connectivity index (χ4n) is 1.94. The smallest absolute Gasteiger partial charge is 0.120 e. The largest absolute Gasteiger partial charge is 0.489 e. The molecule has 0 atom stereocenters. The minimum atomic E-state index is 0.600. The fourth-order valence-corrected chi connectivity index (χ4v) is 2.32. The van der Waals surface area contributed by atoms with Crippen LogP contribution in [-0.2, 0) is 13.2 Å². The van der Waals surface area contributed by atoms with E-state index >= 15 is 0 Å². The topological polar surface area (TPSA) is 21.3 Å². The van der Waals surface area contributed by atoms with E-state index in [0.717, 1.165) is 16.8 Å². The maximum atomic E-state index is 5.84. The highest BCUT2D eigenvalue weighted by Crippen LogP contribution is 2.23. The Balaban J connectivity index is 2.05. The van der Waals surface area contributed by atoms with Gasteiger partial charge in [-0.25, -0.2) is 0 Å². The number of halogens is 1. The molecule has 2 aromatic carbocycles. The lowest BCUT2D eigenvalue weighted by Gasteiger charge is -2.10. The number of hydrogen-bond acceptors (Lipinski definition) is 2. The lowest BCUT2D eigenvalue weighted by atomic mass is 10.1. The third kappa shape index (κ3) is 4.08. The van der Waals surface area contributed by atoms with Crippen LogP contribution in [0.3, 0.4) is 0 Å². The first-order chi connectivity index (χ1) is 9.19. The third-order valence-electron chi connectivity index (χ3n) is 2.87. The Hall–Kier alpha value is -1.32. The summed E-state index contributed by atoms with van der Waals surface area (Å²) < 4.78 is 6.94. The van der Waals surface area contributed by atoms with Crippen LogP contribution in [0.1, 0.15) is 16.7 Å². The second-order valence-electron chi connectivity index (χ2n) is 4.56. The van der Waals surface area contributed by atoms with Crippen molar-refractivity contribution >= 4 is 15.9 Å². The molecule has 0 bridgehead atoms. The summed E-state index contributed by atoms with van der Waals surface area (Å²) >= 11 is 3.54. The molecule has 0 heterocycles. The summed E-state index contributed by atoms with van der Waals surface area (Å²) in [5, 5.41) is 3.15. The number of aryl methyl sites for hydroxylation is 1. The van der Waals surface area contributed by atoms with Gasteiger partial charge in [-0.3, -0.25) is 0 Å². The van der Waals surface area contributed by atoms with Gasteiger partial charge in [0, 0.05) is 11.0 Å². The molecule has 2 nitrogen and oxygen atoms in total. The summed E-state index contributed by atoms with van der Waals surface area (Å²) in [6.45, 7) is 3.51. The monoisotopic (exact) mass is 319 g/mol. The van der Waals surface area contributed by atoms with Crippen LogP contribution in [0.4, 0.5) is 0 Å². The molecule has 0 spiro atoms. The lowest BCUT2D eigenvalue weighted by molar-refractivity contribution is 0.305. The van der Waals surface area contributed by atoms with Gasteiger partial charge in [0.1, 0.15) is 12.4 Å².